The van der Waals surface area contributed by atoms with Crippen molar-refractivity contribution in [1.82, 2.24) is 0 Å². The van der Waals surface area contributed by atoms with Crippen molar-refractivity contribution >= 4 is 27.7 Å². The minimum absolute atomic E-state index is 0.303. The molecule has 2 N–H and O–H groups in total. The number of carboxylic acids is 1. The predicted molar refractivity (Wildman–Crippen MR) is 81.3 cm³/mol. The van der Waals surface area contributed by atoms with E-state index in [0.29, 0.717) is 11.3 Å². The number of para-hydroxylation sites is 1. The molecule has 1 amide bonds. The fraction of sp³-hybridized carbons (Fsp3) is 0.429. The van der Waals surface area contributed by atoms with E-state index in [9.17, 15) is 23.1 Å². The Kier molecular flexibility index (Phi) is 5.67. The summed E-state index contributed by atoms with van der Waals surface area (Å²) in [4.78, 5) is 24.8. The highest BCUT2D eigenvalue weighted by molar-refractivity contribution is 7.85. The minimum Gasteiger partial charge on any atom is -0.480 e. The lowest BCUT2D eigenvalue weighted by Crippen LogP contribution is -2.50. The molecule has 0 heterocycles. The van der Waals surface area contributed by atoms with Crippen LogP contribution in [-0.2, 0) is 19.7 Å². The Balaban J connectivity index is 3.45. The summed E-state index contributed by atoms with van der Waals surface area (Å²) in [5.74, 6) is -3.65. The first-order valence-electron chi connectivity index (χ1n) is 6.61. The molecule has 0 bridgehead atoms. The van der Waals surface area contributed by atoms with E-state index in [4.69, 9.17) is 4.55 Å². The number of hydrogen-bond donors (Lipinski definition) is 2. The maximum Gasteiger partial charge on any atom is 0.327 e. The molecule has 0 aliphatic heterocycles. The molecular formula is C14H19NO6S. The maximum atomic E-state index is 12.4. The van der Waals surface area contributed by atoms with Gasteiger partial charge in [-0.05, 0) is 18.6 Å². The van der Waals surface area contributed by atoms with Crippen molar-refractivity contribution in [3.63, 3.8) is 0 Å². The Hall–Kier alpha value is -1.93. The van der Waals surface area contributed by atoms with Gasteiger partial charge in [-0.15, -0.1) is 0 Å². The highest BCUT2D eigenvalue weighted by atomic mass is 32.2. The third kappa shape index (κ3) is 4.54. The van der Waals surface area contributed by atoms with Gasteiger partial charge in [0.1, 0.15) is 5.75 Å². The van der Waals surface area contributed by atoms with Gasteiger partial charge in [-0.2, -0.15) is 8.42 Å². The van der Waals surface area contributed by atoms with Crippen molar-refractivity contribution in [2.75, 3.05) is 10.7 Å². The van der Waals surface area contributed by atoms with Crippen LogP contribution in [0.3, 0.4) is 0 Å². The summed E-state index contributed by atoms with van der Waals surface area (Å²) in [6.07, 6.45) is 0. The molecule has 1 atom stereocenters. The molecule has 8 heteroatoms. The Bertz CT molecular complexity index is 668. The van der Waals surface area contributed by atoms with Gasteiger partial charge in [-0.25, -0.2) is 4.79 Å². The molecule has 1 rings (SSSR count). The van der Waals surface area contributed by atoms with E-state index >= 15 is 0 Å². The van der Waals surface area contributed by atoms with E-state index in [-0.39, 0.29) is 0 Å². The average Bonchev–Trinajstić information content (AvgIpc) is 2.38. The molecule has 7 nitrogen and oxygen atoms in total. The van der Waals surface area contributed by atoms with Crippen LogP contribution in [0.25, 0.3) is 0 Å². The van der Waals surface area contributed by atoms with Crippen LogP contribution in [-0.4, -0.2) is 41.7 Å². The summed E-state index contributed by atoms with van der Waals surface area (Å²) in [5.41, 5.74) is 0.926. The molecule has 22 heavy (non-hydrogen) atoms. The maximum absolute atomic E-state index is 12.4. The number of amides is 1. The monoisotopic (exact) mass is 329 g/mol. The lowest BCUT2D eigenvalue weighted by molar-refractivity contribution is -0.139. The van der Waals surface area contributed by atoms with Gasteiger partial charge in [0.25, 0.3) is 10.1 Å². The van der Waals surface area contributed by atoms with Crippen LogP contribution in [0.4, 0.5) is 5.69 Å². The molecule has 0 aliphatic carbocycles. The van der Waals surface area contributed by atoms with Gasteiger partial charge in [0, 0.05) is 11.6 Å². The van der Waals surface area contributed by atoms with Gasteiger partial charge in [0.05, 0.1) is 0 Å². The third-order valence-corrected chi connectivity index (χ3v) is 3.81. The number of rotatable bonds is 6. The van der Waals surface area contributed by atoms with Crippen molar-refractivity contribution in [2.24, 2.45) is 5.92 Å². The van der Waals surface area contributed by atoms with Crippen LogP contribution in [0.15, 0.2) is 24.3 Å². The number of aryl methyl sites for hydroxylation is 1. The standard InChI is InChI=1S/C14H19NO6S/c1-9(2)13(16)15(11-7-5-4-6-10(11)3)12(14(17)18)8-22(19,20)21/h4-7,9,12H,8H2,1-3H3,(H,17,18)(H,19,20,21)/t12-/m0/s1. The summed E-state index contributed by atoms with van der Waals surface area (Å²) >= 11 is 0. The summed E-state index contributed by atoms with van der Waals surface area (Å²) in [7, 11) is -4.57. The molecule has 1 aromatic rings. The van der Waals surface area contributed by atoms with Gasteiger partial charge >= 0.3 is 5.97 Å². The number of carbonyl (C=O) groups excluding carboxylic acids is 1. The second-order valence-electron chi connectivity index (χ2n) is 5.25. The van der Waals surface area contributed by atoms with E-state index in [1.54, 1.807) is 39.0 Å². The van der Waals surface area contributed by atoms with Gasteiger partial charge in [-0.3, -0.25) is 14.2 Å². The fourth-order valence-corrected chi connectivity index (χ4v) is 2.70. The normalized spacial score (nSPS) is 13.0. The number of carbonyl (C=O) groups is 2. The molecule has 0 radical (unpaired) electrons. The predicted octanol–water partition coefficient (Wildman–Crippen LogP) is 1.33. The summed E-state index contributed by atoms with van der Waals surface area (Å²) in [6.45, 7) is 4.85. The zero-order valence-electron chi connectivity index (χ0n) is 12.6. The first kappa shape index (κ1) is 18.1. The van der Waals surface area contributed by atoms with Crippen LogP contribution in [0.1, 0.15) is 19.4 Å². The third-order valence-electron chi connectivity index (χ3n) is 3.07. The van der Waals surface area contributed by atoms with Crippen molar-refractivity contribution in [1.29, 1.82) is 0 Å². The topological polar surface area (TPSA) is 112 Å². The van der Waals surface area contributed by atoms with E-state index in [1.807, 2.05) is 0 Å². The summed E-state index contributed by atoms with van der Waals surface area (Å²) in [6, 6.07) is 4.86. The molecule has 0 aliphatic rings. The lowest BCUT2D eigenvalue weighted by atomic mass is 10.1. The number of hydrogen-bond acceptors (Lipinski definition) is 4. The van der Waals surface area contributed by atoms with Crippen LogP contribution in [0, 0.1) is 12.8 Å². The number of anilines is 1. The van der Waals surface area contributed by atoms with E-state index < -0.39 is 39.7 Å². The highest BCUT2D eigenvalue weighted by Crippen LogP contribution is 2.24. The van der Waals surface area contributed by atoms with Crippen molar-refractivity contribution in [2.45, 2.75) is 26.8 Å². The Morgan fingerprint density at radius 1 is 1.23 bits per heavy atom. The quantitative estimate of drug-likeness (QED) is 0.761. The fourth-order valence-electron chi connectivity index (χ4n) is 2.01. The molecule has 0 fully saturated rings. The SMILES string of the molecule is Cc1ccccc1N(C(=O)C(C)C)[C@@H](CS(=O)(=O)O)C(=O)O. The van der Waals surface area contributed by atoms with Gasteiger partial charge in [0.2, 0.25) is 5.91 Å². The Labute approximate surface area is 129 Å². The van der Waals surface area contributed by atoms with Crippen molar-refractivity contribution < 1.29 is 27.7 Å². The zero-order valence-corrected chi connectivity index (χ0v) is 13.4. The number of aliphatic carboxylic acids is 1. The molecule has 122 valence electrons. The van der Waals surface area contributed by atoms with Crippen LogP contribution in [0.2, 0.25) is 0 Å². The average molecular weight is 329 g/mol. The van der Waals surface area contributed by atoms with Crippen LogP contribution >= 0.6 is 0 Å². The molecule has 0 unspecified atom stereocenters. The lowest BCUT2D eigenvalue weighted by Gasteiger charge is -2.31. The van der Waals surface area contributed by atoms with Gasteiger partial charge in [0.15, 0.2) is 6.04 Å². The first-order valence-corrected chi connectivity index (χ1v) is 8.22. The van der Waals surface area contributed by atoms with Crippen molar-refractivity contribution in [3.8, 4) is 0 Å². The highest BCUT2D eigenvalue weighted by Gasteiger charge is 2.36. The number of carboxylic acid groups (broad SMARTS) is 1. The van der Waals surface area contributed by atoms with Crippen LogP contribution < -0.4 is 4.90 Å². The second kappa shape index (κ2) is 6.89. The first-order chi connectivity index (χ1) is 10.0. The van der Waals surface area contributed by atoms with E-state index in [2.05, 4.69) is 0 Å². The molecule has 0 saturated heterocycles. The smallest absolute Gasteiger partial charge is 0.327 e. The summed E-state index contributed by atoms with van der Waals surface area (Å²) in [5, 5.41) is 9.32. The van der Waals surface area contributed by atoms with Crippen LogP contribution in [0.5, 0.6) is 0 Å². The second-order valence-corrected chi connectivity index (χ2v) is 6.75. The number of benzene rings is 1. The van der Waals surface area contributed by atoms with Gasteiger partial charge in [-0.1, -0.05) is 32.0 Å². The zero-order chi connectivity index (χ0) is 17.1. The van der Waals surface area contributed by atoms with Gasteiger partial charge < -0.3 is 5.11 Å². The Morgan fingerprint density at radius 3 is 2.18 bits per heavy atom. The molecular weight excluding hydrogens is 310 g/mol. The largest absolute Gasteiger partial charge is 0.480 e. The Morgan fingerprint density at radius 2 is 1.77 bits per heavy atom. The summed E-state index contributed by atoms with van der Waals surface area (Å²) < 4.78 is 31.2. The molecule has 0 aromatic heterocycles. The number of nitrogens with zero attached hydrogens (tertiary/aromatic N) is 1. The molecule has 0 spiro atoms. The molecule has 1 aromatic carbocycles. The van der Waals surface area contributed by atoms with E-state index in [1.165, 1.54) is 6.07 Å². The minimum atomic E-state index is -4.57. The van der Waals surface area contributed by atoms with Crippen molar-refractivity contribution in [3.05, 3.63) is 29.8 Å². The molecule has 0 saturated carbocycles. The van der Waals surface area contributed by atoms with E-state index in [0.717, 1.165) is 4.90 Å².